The normalized spacial score (nSPS) is 15.9. The Morgan fingerprint density at radius 2 is 2.17 bits per heavy atom. The van der Waals surface area contributed by atoms with Gasteiger partial charge < -0.3 is 10.2 Å². The second kappa shape index (κ2) is 8.19. The number of anilines is 1. The molecule has 0 aliphatic carbocycles. The van der Waals surface area contributed by atoms with E-state index in [1.54, 1.807) is 19.2 Å². The number of nitriles is 1. The van der Waals surface area contributed by atoms with Gasteiger partial charge in [-0.05, 0) is 50.0 Å². The van der Waals surface area contributed by atoms with Crippen LogP contribution in [-0.4, -0.2) is 51.1 Å². The van der Waals surface area contributed by atoms with Gasteiger partial charge in [-0.15, -0.1) is 0 Å². The number of nitrogens with one attached hydrogen (secondary N) is 1. The maximum Gasteiger partial charge on any atom is 0.233 e. The van der Waals surface area contributed by atoms with Crippen molar-refractivity contribution in [2.45, 2.75) is 12.8 Å². The van der Waals surface area contributed by atoms with Crippen LogP contribution in [0.15, 0.2) is 18.2 Å². The summed E-state index contributed by atoms with van der Waals surface area (Å²) in [5.41, 5.74) is 1.53. The van der Waals surface area contributed by atoms with Gasteiger partial charge in [0.05, 0.1) is 17.8 Å². The Hall–Kier alpha value is -1.77. The second-order valence-electron chi connectivity index (χ2n) is 6.05. The average Bonchev–Trinajstić information content (AvgIpc) is 2.56. The van der Waals surface area contributed by atoms with E-state index in [-0.39, 0.29) is 5.91 Å². The highest BCUT2D eigenvalue weighted by atomic mass is 35.5. The zero-order chi connectivity index (χ0) is 16.8. The molecule has 0 aromatic heterocycles. The summed E-state index contributed by atoms with van der Waals surface area (Å²) in [5.74, 6) is 0.629. The van der Waals surface area contributed by atoms with Crippen molar-refractivity contribution in [3.8, 4) is 6.07 Å². The number of piperidine rings is 1. The summed E-state index contributed by atoms with van der Waals surface area (Å²) in [5, 5.41) is 12.5. The molecule has 1 fully saturated rings. The Morgan fingerprint density at radius 1 is 1.48 bits per heavy atom. The highest BCUT2D eigenvalue weighted by molar-refractivity contribution is 6.30. The van der Waals surface area contributed by atoms with E-state index in [9.17, 15) is 10.1 Å². The lowest BCUT2D eigenvalue weighted by atomic mass is 9.96. The number of hydrogen-bond donors (Lipinski definition) is 1. The van der Waals surface area contributed by atoms with Crippen molar-refractivity contribution in [1.29, 1.82) is 5.26 Å². The lowest BCUT2D eigenvalue weighted by Crippen LogP contribution is -2.42. The SMILES string of the molecule is CNC(=O)CN1CCC(CN(C)c2cc(Cl)ccc2C#N)CC1. The van der Waals surface area contributed by atoms with Gasteiger partial charge in [-0.25, -0.2) is 0 Å². The third-order valence-corrected chi connectivity index (χ3v) is 4.61. The first-order chi connectivity index (χ1) is 11.0. The monoisotopic (exact) mass is 334 g/mol. The Labute approximate surface area is 142 Å². The first-order valence-electron chi connectivity index (χ1n) is 7.87. The maximum atomic E-state index is 11.4. The van der Waals surface area contributed by atoms with Crippen LogP contribution in [0, 0.1) is 17.2 Å². The number of benzene rings is 1. The number of halogens is 1. The molecule has 0 bridgehead atoms. The zero-order valence-electron chi connectivity index (χ0n) is 13.7. The quantitative estimate of drug-likeness (QED) is 0.896. The molecule has 1 amide bonds. The minimum absolute atomic E-state index is 0.0677. The van der Waals surface area contributed by atoms with Crippen LogP contribution in [0.1, 0.15) is 18.4 Å². The molecule has 0 atom stereocenters. The highest BCUT2D eigenvalue weighted by Gasteiger charge is 2.22. The fourth-order valence-electron chi connectivity index (χ4n) is 3.01. The van der Waals surface area contributed by atoms with Crippen LogP contribution >= 0.6 is 11.6 Å². The minimum Gasteiger partial charge on any atom is -0.373 e. The molecule has 6 heteroatoms. The fraction of sp³-hybridized carbons (Fsp3) is 0.529. The van der Waals surface area contributed by atoms with Crippen LogP contribution in [0.25, 0.3) is 0 Å². The molecule has 0 spiro atoms. The lowest BCUT2D eigenvalue weighted by molar-refractivity contribution is -0.122. The van der Waals surface area contributed by atoms with E-state index >= 15 is 0 Å². The van der Waals surface area contributed by atoms with Gasteiger partial charge in [0.2, 0.25) is 5.91 Å². The standard InChI is InChI=1S/C17H23ClN4O/c1-20-17(23)12-22-7-5-13(6-8-22)11-21(2)16-9-15(18)4-3-14(16)10-19/h3-4,9,13H,5-8,11-12H2,1-2H3,(H,20,23). The molecule has 0 unspecified atom stereocenters. The van der Waals surface area contributed by atoms with E-state index in [0.717, 1.165) is 38.2 Å². The number of hydrogen-bond acceptors (Lipinski definition) is 4. The number of amides is 1. The summed E-state index contributed by atoms with van der Waals surface area (Å²) < 4.78 is 0. The maximum absolute atomic E-state index is 11.4. The van der Waals surface area contributed by atoms with E-state index in [1.165, 1.54) is 0 Å². The van der Waals surface area contributed by atoms with E-state index < -0.39 is 0 Å². The highest BCUT2D eigenvalue weighted by Crippen LogP contribution is 2.26. The zero-order valence-corrected chi connectivity index (χ0v) is 14.4. The molecule has 5 nitrogen and oxygen atoms in total. The molecule has 1 aromatic rings. The molecule has 1 N–H and O–H groups in total. The molecule has 0 saturated carbocycles. The number of likely N-dealkylation sites (N-methyl/N-ethyl adjacent to an activating group) is 1. The van der Waals surface area contributed by atoms with Gasteiger partial charge in [-0.1, -0.05) is 11.6 Å². The average molecular weight is 335 g/mol. The van der Waals surface area contributed by atoms with Crippen LogP contribution in [0.5, 0.6) is 0 Å². The third-order valence-electron chi connectivity index (χ3n) is 4.38. The number of nitrogens with zero attached hydrogens (tertiary/aromatic N) is 3. The van der Waals surface area contributed by atoms with Gasteiger partial charge in [0, 0.05) is 25.7 Å². The number of carbonyl (C=O) groups excluding carboxylic acids is 1. The van der Waals surface area contributed by atoms with Gasteiger partial charge in [0.15, 0.2) is 0 Å². The molecule has 1 aliphatic heterocycles. The van der Waals surface area contributed by atoms with Crippen molar-refractivity contribution >= 4 is 23.2 Å². The van der Waals surface area contributed by atoms with Crippen molar-refractivity contribution in [1.82, 2.24) is 10.2 Å². The molecule has 1 aliphatic rings. The Bertz CT molecular complexity index is 591. The summed E-state index contributed by atoms with van der Waals surface area (Å²) in [6, 6.07) is 7.58. The lowest BCUT2D eigenvalue weighted by Gasteiger charge is -2.34. The van der Waals surface area contributed by atoms with Crippen LogP contribution in [0.4, 0.5) is 5.69 Å². The van der Waals surface area contributed by atoms with E-state index in [1.807, 2.05) is 13.1 Å². The Balaban J connectivity index is 1.90. The van der Waals surface area contributed by atoms with E-state index in [2.05, 4.69) is 21.2 Å². The summed E-state index contributed by atoms with van der Waals surface area (Å²) in [4.78, 5) is 15.7. The van der Waals surface area contributed by atoms with Gasteiger partial charge in [0.25, 0.3) is 0 Å². The van der Waals surface area contributed by atoms with Gasteiger partial charge in [-0.2, -0.15) is 5.26 Å². The largest absolute Gasteiger partial charge is 0.373 e. The molecule has 1 aromatic carbocycles. The number of carbonyl (C=O) groups is 1. The molecular formula is C17H23ClN4O. The predicted octanol–water partition coefficient (Wildman–Crippen LogP) is 2.11. The van der Waals surface area contributed by atoms with Crippen molar-refractivity contribution in [2.24, 2.45) is 5.92 Å². The van der Waals surface area contributed by atoms with Crippen molar-refractivity contribution in [3.63, 3.8) is 0 Å². The van der Waals surface area contributed by atoms with Gasteiger partial charge >= 0.3 is 0 Å². The molecule has 0 radical (unpaired) electrons. The van der Waals surface area contributed by atoms with E-state index in [4.69, 9.17) is 11.6 Å². The summed E-state index contributed by atoms with van der Waals surface area (Å²) in [6.45, 7) is 3.24. The van der Waals surface area contributed by atoms with Crippen molar-refractivity contribution < 1.29 is 4.79 Å². The smallest absolute Gasteiger partial charge is 0.233 e. The minimum atomic E-state index is 0.0677. The summed E-state index contributed by atoms with van der Waals surface area (Å²) in [6.07, 6.45) is 2.12. The van der Waals surface area contributed by atoms with Crippen LogP contribution in [0.2, 0.25) is 5.02 Å². The fourth-order valence-corrected chi connectivity index (χ4v) is 3.18. The molecule has 1 saturated heterocycles. The van der Waals surface area contributed by atoms with Gasteiger partial charge in [-0.3, -0.25) is 9.69 Å². The van der Waals surface area contributed by atoms with Crippen molar-refractivity contribution in [2.75, 3.05) is 45.2 Å². The Kier molecular flexibility index (Phi) is 6.26. The van der Waals surface area contributed by atoms with Gasteiger partial charge in [0.1, 0.15) is 6.07 Å². The first-order valence-corrected chi connectivity index (χ1v) is 8.25. The van der Waals surface area contributed by atoms with Crippen LogP contribution < -0.4 is 10.2 Å². The molecule has 1 heterocycles. The second-order valence-corrected chi connectivity index (χ2v) is 6.48. The van der Waals surface area contributed by atoms with Crippen molar-refractivity contribution in [3.05, 3.63) is 28.8 Å². The molecule has 2 rings (SSSR count). The topological polar surface area (TPSA) is 59.4 Å². The molecular weight excluding hydrogens is 312 g/mol. The Morgan fingerprint density at radius 3 is 2.78 bits per heavy atom. The number of rotatable bonds is 5. The summed E-state index contributed by atoms with van der Waals surface area (Å²) >= 11 is 6.06. The van der Waals surface area contributed by atoms with Crippen LogP contribution in [-0.2, 0) is 4.79 Å². The summed E-state index contributed by atoms with van der Waals surface area (Å²) in [7, 11) is 3.67. The predicted molar refractivity (Wildman–Crippen MR) is 92.7 cm³/mol. The number of likely N-dealkylation sites (tertiary alicyclic amines) is 1. The van der Waals surface area contributed by atoms with Crippen LogP contribution in [0.3, 0.4) is 0 Å². The van der Waals surface area contributed by atoms with E-state index in [0.29, 0.717) is 23.0 Å². The molecule has 124 valence electrons. The third kappa shape index (κ3) is 4.85. The first kappa shape index (κ1) is 17.6. The molecule has 23 heavy (non-hydrogen) atoms.